The zero-order valence-electron chi connectivity index (χ0n) is 92.7. The van der Waals surface area contributed by atoms with Crippen LogP contribution in [0.2, 0.25) is 0 Å². The van der Waals surface area contributed by atoms with Gasteiger partial charge in [-0.25, -0.2) is 4.98 Å². The summed E-state index contributed by atoms with van der Waals surface area (Å²) in [5.41, 5.74) is -5.49. The Kier molecular flexibility index (Phi) is 6.82. The highest BCUT2D eigenvalue weighted by Gasteiger charge is 2.45. The highest BCUT2D eigenvalue weighted by Crippen LogP contribution is 2.37. The fourth-order valence-corrected chi connectivity index (χ4v) is 19.4. The lowest BCUT2D eigenvalue weighted by Gasteiger charge is -2.37. The van der Waals surface area contributed by atoms with Crippen LogP contribution in [0.5, 0.6) is 11.5 Å². The van der Waals surface area contributed by atoms with Crippen LogP contribution >= 0.6 is 0 Å². The molecule has 442 valence electrons. The number of hydrogen-bond donors (Lipinski definition) is 0. The molecule has 0 saturated heterocycles. The molecule has 0 bridgehead atoms. The standard InChI is InChI=1S/C86H64N4OSi2/c1-62-54-78(65-32-28-47-75(57-65)92(69-35-12-4-13-36-69,70-37-14-5-15-38-70)71-39-16-6-17-40-71)86(84(55-62)93(72-41-18-7-19-42-72,73-43-20-8-21-44-73)74-45-22-9-23-46-74)89-61-88(81-50-26-27-51-82(81)89)66-33-29-34-67(58-66)91-68-52-53-77-76-48-24-25-49-80(76)90(83(77)59-68)85-56-63(2)79(60-87-85)64-30-10-3-11-31-64/h3-60H,1-2H3/i1D3,2D3,3D,4D,5D,6D,7D,8D,9D,10D,11D,12D,13D,14D,15D,16D,17D,18D,19D,20D,21D,22D,23D,28D,30D,31D,32D,35D,36D,37D,38D,39D,40D,41D,42D,43D,44D,45D,46D,47D,57D. The number of benzene rings is 13. The van der Waals surface area contributed by atoms with Crippen LogP contribution in [0.25, 0.3) is 72.3 Å². The number of para-hydroxylation sites is 3. The predicted octanol–water partition coefficient (Wildman–Crippen LogP) is 14.7. The molecule has 3 aromatic heterocycles. The summed E-state index contributed by atoms with van der Waals surface area (Å²) >= 11 is 0. The van der Waals surface area contributed by atoms with Gasteiger partial charge in [0, 0.05) is 36.8 Å². The first kappa shape index (κ1) is 26.4. The van der Waals surface area contributed by atoms with E-state index in [-0.39, 0.29) is 39.6 Å². The number of fused-ring (bicyclic) bond motifs is 4. The van der Waals surface area contributed by atoms with Crippen molar-refractivity contribution < 1.29 is 71.0 Å². The Morgan fingerprint density at radius 2 is 0.957 bits per heavy atom. The first-order valence-corrected chi connectivity index (χ1v) is 32.1. The molecule has 0 atom stereocenters. The van der Waals surface area contributed by atoms with Gasteiger partial charge in [0.15, 0.2) is 16.1 Å². The van der Waals surface area contributed by atoms with E-state index in [9.17, 15) is 42.5 Å². The molecule has 0 aliphatic heterocycles. The van der Waals surface area contributed by atoms with Gasteiger partial charge >= 0.3 is 0 Å². The smallest absolute Gasteiger partial charge is 0.269 e. The van der Waals surface area contributed by atoms with Crippen molar-refractivity contribution in [3.63, 3.8) is 0 Å². The Hall–Kier alpha value is -11.5. The summed E-state index contributed by atoms with van der Waals surface area (Å²) in [6.07, 6.45) is 4.26. The van der Waals surface area contributed by atoms with Crippen molar-refractivity contribution in [3.05, 3.63) is 369 Å². The van der Waals surface area contributed by atoms with Crippen molar-refractivity contribution in [3.8, 4) is 50.9 Å². The van der Waals surface area contributed by atoms with E-state index in [0.29, 0.717) is 33.9 Å². The van der Waals surface area contributed by atoms with Crippen LogP contribution in [0, 0.1) is 20.0 Å². The fourth-order valence-electron chi connectivity index (χ4n) is 11.8. The van der Waals surface area contributed by atoms with Crippen LogP contribution in [-0.2, 0) is 0 Å². The number of imidazole rings is 1. The minimum atomic E-state index is -7.00. The van der Waals surface area contributed by atoms with E-state index in [1.807, 2.05) is 0 Å². The maximum Gasteiger partial charge on any atom is 0.269 e. The van der Waals surface area contributed by atoms with Crippen molar-refractivity contribution in [1.82, 2.24) is 14.1 Å². The molecule has 0 spiro atoms. The van der Waals surface area contributed by atoms with E-state index in [4.69, 9.17) is 23.9 Å². The van der Waals surface area contributed by atoms with Crippen LogP contribution < -0.4 is 50.8 Å². The number of ether oxygens (including phenoxy) is 1. The average Bonchev–Trinajstić information content (AvgIpc) is 0.803. The lowest BCUT2D eigenvalue weighted by atomic mass is 10.0. The molecule has 0 saturated carbocycles. The maximum atomic E-state index is 11.4. The van der Waals surface area contributed by atoms with Crippen molar-refractivity contribution in [2.75, 3.05) is 0 Å². The predicted molar refractivity (Wildman–Crippen MR) is 390 cm³/mol. The molecule has 3 heterocycles. The summed E-state index contributed by atoms with van der Waals surface area (Å²) in [5, 5.41) is -9.36. The molecule has 0 aliphatic carbocycles. The number of aryl methyl sites for hydroxylation is 2. The lowest BCUT2D eigenvalue weighted by Crippen LogP contribution is -2.76. The summed E-state index contributed by atoms with van der Waals surface area (Å²) in [7, 11) is -14.0. The molecular weight excluding hydrogens is 1160 g/mol. The SMILES string of the molecule is [2H]c1c([2H])c([2H])c(-c2cnc(-n3c4ccccc4c4ccc(Oc5cccc(-n6[c-][n+](-c7c(-c8c([2H])c([2H])c([2H])c([Si](c9c([2H])c([2H])c([2H])c([2H])c9[2H])(c9c([2H])c([2H])c([2H])c([2H])c9[2H])c9c([2H])c([2H])c([2H])c([2H])c9[2H])c8[2H])cc(C([2H])([2H])[2H])cc7[Si](c7c([2H])c([2H])c([2H])c([2H])c7[2H])(c7c([2H])c([2H])c([2H])c([2H])c7[2H])c7c([2H])c([2H])c([2H])c([2H])c7[2H])c7ccccc76)c5)cc43)cc2C([2H])([2H])[2H])c([2H])c1[2H]. The van der Waals surface area contributed by atoms with Gasteiger partial charge in [0.1, 0.15) is 17.3 Å². The third-order valence-corrected chi connectivity index (χ3v) is 23.9. The van der Waals surface area contributed by atoms with Crippen molar-refractivity contribution in [2.24, 2.45) is 0 Å². The second-order valence-electron chi connectivity index (χ2n) is 20.6. The van der Waals surface area contributed by atoms with Gasteiger partial charge in [-0.1, -0.05) is 302 Å². The molecule has 0 unspecified atom stereocenters. The highest BCUT2D eigenvalue weighted by atomic mass is 28.3. The van der Waals surface area contributed by atoms with Crippen molar-refractivity contribution in [2.45, 2.75) is 13.7 Å². The van der Waals surface area contributed by atoms with E-state index < -0.39 is 341 Å². The molecule has 0 fully saturated rings. The first-order chi connectivity index (χ1) is 64.5. The van der Waals surface area contributed by atoms with E-state index >= 15 is 0 Å². The number of hydrogen-bond acceptors (Lipinski definition) is 2. The van der Waals surface area contributed by atoms with E-state index in [1.54, 1.807) is 47.0 Å². The molecule has 16 aromatic rings. The fraction of sp³-hybridized carbons (Fsp3) is 0.0233. The Morgan fingerprint density at radius 3 is 1.56 bits per heavy atom. The summed E-state index contributed by atoms with van der Waals surface area (Å²) < 4.78 is 441. The number of nitrogens with zero attached hydrogens (tertiary/aromatic N) is 4. The van der Waals surface area contributed by atoms with Crippen LogP contribution in [0.3, 0.4) is 0 Å². The van der Waals surface area contributed by atoms with E-state index in [2.05, 4.69) is 11.3 Å². The molecule has 0 N–H and O–H groups in total. The molecule has 13 aromatic carbocycles. The zero-order chi connectivity index (χ0) is 101. The zero-order valence-corrected chi connectivity index (χ0v) is 49.7. The van der Waals surface area contributed by atoms with Crippen LogP contribution in [0.4, 0.5) is 0 Å². The maximum absolute atomic E-state index is 11.4. The summed E-state index contributed by atoms with van der Waals surface area (Å²) in [5.74, 6) is -0.0343. The van der Waals surface area contributed by atoms with Gasteiger partial charge in [-0.15, -0.1) is 0 Å². The molecule has 0 aliphatic rings. The van der Waals surface area contributed by atoms with Crippen LogP contribution in [0.1, 0.15) is 72.8 Å². The third-order valence-electron chi connectivity index (χ3n) is 15.7. The lowest BCUT2D eigenvalue weighted by molar-refractivity contribution is -0.570. The minimum absolute atomic E-state index is 0.0305. The summed E-state index contributed by atoms with van der Waals surface area (Å²) in [6.45, 7) is -6.84. The van der Waals surface area contributed by atoms with Gasteiger partial charge in [-0.2, -0.15) is 0 Å². The quantitative estimate of drug-likeness (QED) is 0.0444. The summed E-state index contributed by atoms with van der Waals surface area (Å²) in [4.78, 5) is 4.67. The molecular formula is C86H64N4OSi2. The Labute approximate surface area is 607 Å². The molecule has 16 rings (SSSR count). The van der Waals surface area contributed by atoms with Gasteiger partial charge in [0.2, 0.25) is 0 Å². The molecule has 0 radical (unpaired) electrons. The van der Waals surface area contributed by atoms with Crippen LogP contribution in [0.15, 0.2) is 351 Å². The molecule has 0 amide bonds. The normalized spacial score (nSPS) is 18.9. The average molecular weight is 1270 g/mol. The number of rotatable bonds is 15. The topological polar surface area (TPSA) is 35.9 Å². The second-order valence-corrected chi connectivity index (χ2v) is 27.7. The van der Waals surface area contributed by atoms with Gasteiger partial charge in [0.25, 0.3) is 6.33 Å². The second kappa shape index (κ2) is 24.0. The monoisotopic (exact) mass is 1270 g/mol. The van der Waals surface area contributed by atoms with Crippen LogP contribution in [-0.4, -0.2) is 30.3 Å². The van der Waals surface area contributed by atoms with Gasteiger partial charge in [-0.05, 0) is 120 Å². The van der Waals surface area contributed by atoms with E-state index in [1.165, 1.54) is 59.2 Å². The number of aromatic nitrogens is 4. The molecule has 5 nitrogen and oxygen atoms in total. The third kappa shape index (κ3) is 9.85. The van der Waals surface area contributed by atoms with E-state index in [0.717, 1.165) is 10.8 Å². The van der Waals surface area contributed by atoms with Crippen molar-refractivity contribution >= 4 is 90.5 Å². The van der Waals surface area contributed by atoms with Gasteiger partial charge < -0.3 is 4.74 Å². The Bertz CT molecular complexity index is 7570. The van der Waals surface area contributed by atoms with Gasteiger partial charge in [0.05, 0.1) is 86.9 Å². The summed E-state index contributed by atoms with van der Waals surface area (Å²) in [6, 6.07) is -25.3. The van der Waals surface area contributed by atoms with Gasteiger partial charge in [-0.3, -0.25) is 13.7 Å². The van der Waals surface area contributed by atoms with Crippen molar-refractivity contribution in [1.29, 1.82) is 0 Å². The first-order valence-electron chi connectivity index (χ1n) is 50.6. The Morgan fingerprint density at radius 1 is 0.430 bits per heavy atom. The Balaban J connectivity index is 1.10. The molecule has 7 heteroatoms. The highest BCUT2D eigenvalue weighted by molar-refractivity contribution is 7.21. The number of pyridine rings is 1. The minimum Gasteiger partial charge on any atom is -0.458 e. The largest absolute Gasteiger partial charge is 0.458 e. The molecule has 93 heavy (non-hydrogen) atoms.